The molecule has 0 aromatic heterocycles. The highest BCUT2D eigenvalue weighted by Gasteiger charge is 2.35. The van der Waals surface area contributed by atoms with Crippen molar-refractivity contribution in [3.8, 4) is 5.75 Å². The Labute approximate surface area is 274 Å². The number of benzene rings is 4. The highest BCUT2D eigenvalue weighted by molar-refractivity contribution is 9.10. The van der Waals surface area contributed by atoms with Gasteiger partial charge in [-0.2, -0.15) is 0 Å². The lowest BCUT2D eigenvalue weighted by Gasteiger charge is -2.34. The zero-order valence-electron chi connectivity index (χ0n) is 25.6. The summed E-state index contributed by atoms with van der Waals surface area (Å²) in [6.07, 6.45) is 0.951. The van der Waals surface area contributed by atoms with Gasteiger partial charge in [0.2, 0.25) is 11.8 Å². The van der Waals surface area contributed by atoms with Crippen LogP contribution in [-0.4, -0.2) is 50.9 Å². The number of hydrogen-bond donors (Lipinski definition) is 1. The molecule has 0 aliphatic carbocycles. The lowest BCUT2D eigenvalue weighted by Crippen LogP contribution is -2.54. The zero-order chi connectivity index (χ0) is 32.4. The fraction of sp³-hybridized carbons (Fsp3) is 0.257. The maximum Gasteiger partial charge on any atom is 0.264 e. The molecule has 0 unspecified atom stereocenters. The number of para-hydroxylation sites is 2. The van der Waals surface area contributed by atoms with Crippen molar-refractivity contribution in [2.24, 2.45) is 0 Å². The minimum Gasteiger partial charge on any atom is -0.495 e. The van der Waals surface area contributed by atoms with Gasteiger partial charge in [0.1, 0.15) is 18.3 Å². The summed E-state index contributed by atoms with van der Waals surface area (Å²) in [6.45, 7) is 3.41. The van der Waals surface area contributed by atoms with Crippen LogP contribution < -0.4 is 14.4 Å². The summed E-state index contributed by atoms with van der Waals surface area (Å²) < 4.78 is 35.8. The van der Waals surface area contributed by atoms with Gasteiger partial charge in [-0.15, -0.1) is 0 Å². The predicted molar refractivity (Wildman–Crippen MR) is 180 cm³/mol. The number of sulfonamides is 1. The van der Waals surface area contributed by atoms with Crippen LogP contribution in [-0.2, 0) is 32.6 Å². The van der Waals surface area contributed by atoms with E-state index >= 15 is 0 Å². The van der Waals surface area contributed by atoms with Crippen LogP contribution in [0.3, 0.4) is 0 Å². The molecule has 0 bridgehead atoms. The van der Waals surface area contributed by atoms with Crippen LogP contribution in [0.4, 0.5) is 5.69 Å². The normalized spacial score (nSPS) is 12.5. The average Bonchev–Trinajstić information content (AvgIpc) is 3.06. The minimum atomic E-state index is -4.22. The Morgan fingerprint density at radius 3 is 2.07 bits per heavy atom. The molecule has 1 N–H and O–H groups in total. The standard InChI is InChI=1S/C35H38BrN3O5S/c1-4-26(2)37-35(41)32(23-27-13-7-5-8-14-27)38(24-28-19-21-29(36)22-20-28)34(40)25-39(31-17-11-12-18-33(31)44-3)45(42,43)30-15-9-6-10-16-30/h5-22,26,32H,4,23-25H2,1-3H3,(H,37,41)/t26-,32+/m0/s1. The molecule has 4 rings (SSSR count). The summed E-state index contributed by atoms with van der Waals surface area (Å²) >= 11 is 3.46. The molecule has 4 aromatic carbocycles. The molecule has 236 valence electrons. The lowest BCUT2D eigenvalue weighted by molar-refractivity contribution is -0.140. The van der Waals surface area contributed by atoms with Gasteiger partial charge in [0.25, 0.3) is 10.0 Å². The van der Waals surface area contributed by atoms with Crippen molar-refractivity contribution in [3.05, 3.63) is 125 Å². The number of hydrogen-bond acceptors (Lipinski definition) is 5. The van der Waals surface area contributed by atoms with E-state index in [-0.39, 0.29) is 35.5 Å². The molecule has 0 aliphatic heterocycles. The number of nitrogens with zero attached hydrogens (tertiary/aromatic N) is 2. The summed E-state index contributed by atoms with van der Waals surface area (Å²) in [5, 5.41) is 3.05. The second-order valence-electron chi connectivity index (χ2n) is 10.7. The molecule has 0 radical (unpaired) electrons. The second kappa shape index (κ2) is 15.7. The highest BCUT2D eigenvalue weighted by atomic mass is 79.9. The van der Waals surface area contributed by atoms with Crippen molar-refractivity contribution < 1.29 is 22.7 Å². The van der Waals surface area contributed by atoms with Gasteiger partial charge in [-0.25, -0.2) is 8.42 Å². The van der Waals surface area contributed by atoms with E-state index in [2.05, 4.69) is 21.2 Å². The van der Waals surface area contributed by atoms with Crippen LogP contribution in [0.2, 0.25) is 0 Å². The van der Waals surface area contributed by atoms with Crippen molar-refractivity contribution in [2.45, 2.75) is 50.2 Å². The Kier molecular flexibility index (Phi) is 11.8. The fourth-order valence-electron chi connectivity index (χ4n) is 4.85. The number of rotatable bonds is 14. The highest BCUT2D eigenvalue weighted by Crippen LogP contribution is 2.32. The number of ether oxygens (including phenoxy) is 1. The van der Waals surface area contributed by atoms with E-state index < -0.39 is 28.5 Å². The molecule has 4 aromatic rings. The maximum atomic E-state index is 14.6. The van der Waals surface area contributed by atoms with E-state index in [1.807, 2.05) is 68.4 Å². The number of halogens is 1. The Hall–Kier alpha value is -4.15. The summed E-state index contributed by atoms with van der Waals surface area (Å²) in [5.74, 6) is -0.559. The number of amides is 2. The fourth-order valence-corrected chi connectivity index (χ4v) is 6.56. The van der Waals surface area contributed by atoms with E-state index in [0.29, 0.717) is 12.2 Å². The van der Waals surface area contributed by atoms with E-state index in [1.165, 1.54) is 24.1 Å². The van der Waals surface area contributed by atoms with Gasteiger partial charge in [0.15, 0.2) is 0 Å². The first-order valence-electron chi connectivity index (χ1n) is 14.7. The first-order valence-corrected chi connectivity index (χ1v) is 17.0. The Bertz CT molecular complexity index is 1670. The molecule has 2 atom stereocenters. The SMILES string of the molecule is CC[C@H](C)NC(=O)[C@@H](Cc1ccccc1)N(Cc1ccc(Br)cc1)C(=O)CN(c1ccccc1OC)S(=O)(=O)c1ccccc1. The molecule has 0 spiro atoms. The minimum absolute atomic E-state index is 0.0264. The Morgan fingerprint density at radius 2 is 1.44 bits per heavy atom. The van der Waals surface area contributed by atoms with Crippen LogP contribution in [0.1, 0.15) is 31.4 Å². The van der Waals surface area contributed by atoms with Gasteiger partial charge in [-0.1, -0.05) is 95.7 Å². The van der Waals surface area contributed by atoms with Crippen molar-refractivity contribution in [1.82, 2.24) is 10.2 Å². The van der Waals surface area contributed by atoms with E-state index in [1.54, 1.807) is 42.5 Å². The van der Waals surface area contributed by atoms with E-state index in [0.717, 1.165) is 19.9 Å². The van der Waals surface area contributed by atoms with Gasteiger partial charge in [0.05, 0.1) is 17.7 Å². The third-order valence-corrected chi connectivity index (χ3v) is 9.80. The van der Waals surface area contributed by atoms with Gasteiger partial charge in [0, 0.05) is 23.5 Å². The summed E-state index contributed by atoms with van der Waals surface area (Å²) in [6, 6.07) is 30.5. The van der Waals surface area contributed by atoms with Gasteiger partial charge in [-0.05, 0) is 60.9 Å². The van der Waals surface area contributed by atoms with E-state index in [4.69, 9.17) is 4.74 Å². The second-order valence-corrected chi connectivity index (χ2v) is 13.4. The van der Waals surface area contributed by atoms with Crippen LogP contribution in [0.15, 0.2) is 119 Å². The third-order valence-electron chi connectivity index (χ3n) is 7.50. The molecule has 0 aliphatic rings. The van der Waals surface area contributed by atoms with Crippen molar-refractivity contribution >= 4 is 43.5 Å². The number of anilines is 1. The molecule has 10 heteroatoms. The Morgan fingerprint density at radius 1 is 0.844 bits per heavy atom. The van der Waals surface area contributed by atoms with E-state index in [9.17, 15) is 18.0 Å². The van der Waals surface area contributed by atoms with Crippen LogP contribution >= 0.6 is 15.9 Å². The van der Waals surface area contributed by atoms with Crippen LogP contribution in [0.5, 0.6) is 5.75 Å². The molecule has 0 heterocycles. The molecule has 8 nitrogen and oxygen atoms in total. The first kappa shape index (κ1) is 33.7. The monoisotopic (exact) mass is 691 g/mol. The van der Waals surface area contributed by atoms with Crippen LogP contribution in [0.25, 0.3) is 0 Å². The quantitative estimate of drug-likeness (QED) is 0.170. The summed E-state index contributed by atoms with van der Waals surface area (Å²) in [4.78, 5) is 30.0. The molecule has 0 fully saturated rings. The average molecular weight is 693 g/mol. The number of nitrogens with one attached hydrogen (secondary N) is 1. The van der Waals surface area contributed by atoms with Crippen LogP contribution in [0, 0.1) is 0 Å². The molecule has 0 saturated carbocycles. The molecule has 45 heavy (non-hydrogen) atoms. The third kappa shape index (κ3) is 8.73. The zero-order valence-corrected chi connectivity index (χ0v) is 28.0. The molecular weight excluding hydrogens is 654 g/mol. The smallest absolute Gasteiger partial charge is 0.264 e. The largest absolute Gasteiger partial charge is 0.495 e. The van der Waals surface area contributed by atoms with Crippen molar-refractivity contribution in [3.63, 3.8) is 0 Å². The first-order chi connectivity index (χ1) is 21.6. The summed E-state index contributed by atoms with van der Waals surface area (Å²) in [7, 11) is -2.78. The van der Waals surface area contributed by atoms with Gasteiger partial charge < -0.3 is 15.0 Å². The predicted octanol–water partition coefficient (Wildman–Crippen LogP) is 6.21. The maximum absolute atomic E-state index is 14.6. The number of carbonyl (C=O) groups is 2. The Balaban J connectivity index is 1.82. The van der Waals surface area contributed by atoms with Gasteiger partial charge in [-0.3, -0.25) is 13.9 Å². The van der Waals surface area contributed by atoms with Gasteiger partial charge >= 0.3 is 0 Å². The number of methoxy groups -OCH3 is 1. The topological polar surface area (TPSA) is 96.0 Å². The van der Waals surface area contributed by atoms with Crippen molar-refractivity contribution in [2.75, 3.05) is 18.0 Å². The number of carbonyl (C=O) groups excluding carboxylic acids is 2. The molecule has 2 amide bonds. The lowest BCUT2D eigenvalue weighted by atomic mass is 10.0. The summed E-state index contributed by atoms with van der Waals surface area (Å²) in [5.41, 5.74) is 1.87. The molecular formula is C35H38BrN3O5S. The van der Waals surface area contributed by atoms with Crippen molar-refractivity contribution in [1.29, 1.82) is 0 Å². The molecule has 0 saturated heterocycles.